The average molecular weight is 1030 g/mol. The molecule has 0 aliphatic carbocycles. The lowest BCUT2D eigenvalue weighted by molar-refractivity contribution is -0.140. The molecule has 8 aromatic rings. The first kappa shape index (κ1) is 51.4. The van der Waals surface area contributed by atoms with Crippen LogP contribution in [0.2, 0.25) is 10.0 Å². The number of benzene rings is 2. The van der Waals surface area contributed by atoms with E-state index in [4.69, 9.17) is 32.7 Å². The Labute approximate surface area is 425 Å². The molecule has 0 saturated carbocycles. The van der Waals surface area contributed by atoms with Crippen LogP contribution >= 0.6 is 35.6 Å². The summed E-state index contributed by atoms with van der Waals surface area (Å²) in [4.78, 5) is 67.7. The van der Waals surface area contributed by atoms with Crippen molar-refractivity contribution in [3.05, 3.63) is 108 Å². The first-order valence-electron chi connectivity index (χ1n) is 22.5. The number of nitrogens with zero attached hydrogens (tertiary/aromatic N) is 12. The standard InChI is InChI=1S/2C22H22ClN7O2.C4H8O2.ClH/c2*1-32-18-13-15(4-5-17(18)23)28-9-11-29(12-10-28)19(31)14-30-22-16(3-2-6-26-22)20(27-30)21-24-7-8-25-21;1-3-6-4(2)5;/h2*2-8,13H,9-12,14H2,1H3,(H,24,25);3H2,1-2H3;1H. The van der Waals surface area contributed by atoms with Crippen molar-refractivity contribution < 1.29 is 28.6 Å². The van der Waals surface area contributed by atoms with E-state index >= 15 is 0 Å². The summed E-state index contributed by atoms with van der Waals surface area (Å²) in [7, 11) is 3.21. The molecule has 2 aromatic carbocycles. The molecule has 23 heteroatoms. The minimum atomic E-state index is -0.211. The van der Waals surface area contributed by atoms with Crippen molar-refractivity contribution in [3.8, 4) is 34.5 Å². The van der Waals surface area contributed by atoms with Gasteiger partial charge < -0.3 is 43.8 Å². The second kappa shape index (κ2) is 23.9. The van der Waals surface area contributed by atoms with Gasteiger partial charge >= 0.3 is 5.97 Å². The number of ether oxygens (including phenoxy) is 3. The van der Waals surface area contributed by atoms with E-state index in [0.29, 0.717) is 88.7 Å². The summed E-state index contributed by atoms with van der Waals surface area (Å²) in [6.45, 7) is 9.33. The summed E-state index contributed by atoms with van der Waals surface area (Å²) in [6.07, 6.45) is 10.3. The van der Waals surface area contributed by atoms with Crippen molar-refractivity contribution in [2.45, 2.75) is 26.9 Å². The molecule has 0 radical (unpaired) electrons. The van der Waals surface area contributed by atoms with Crippen LogP contribution < -0.4 is 19.3 Å². The lowest BCUT2D eigenvalue weighted by Gasteiger charge is -2.36. The molecule has 71 heavy (non-hydrogen) atoms. The van der Waals surface area contributed by atoms with Gasteiger partial charge in [-0.3, -0.25) is 14.4 Å². The number of aromatic amines is 2. The number of imidazole rings is 2. The number of methoxy groups -OCH3 is 2. The monoisotopic (exact) mass is 1030 g/mol. The number of hydrogen-bond donors (Lipinski definition) is 2. The van der Waals surface area contributed by atoms with E-state index in [-0.39, 0.29) is 43.3 Å². The summed E-state index contributed by atoms with van der Waals surface area (Å²) in [5, 5.41) is 12.1. The number of nitrogens with one attached hydrogen (secondary N) is 2. The van der Waals surface area contributed by atoms with Crippen LogP contribution in [0.25, 0.3) is 45.1 Å². The van der Waals surface area contributed by atoms with Crippen LogP contribution in [0.1, 0.15) is 13.8 Å². The van der Waals surface area contributed by atoms with Crippen LogP contribution in [0.3, 0.4) is 0 Å². The highest BCUT2D eigenvalue weighted by Gasteiger charge is 2.26. The summed E-state index contributed by atoms with van der Waals surface area (Å²) >= 11 is 12.3. The van der Waals surface area contributed by atoms with Crippen LogP contribution in [0.4, 0.5) is 11.4 Å². The Balaban J connectivity index is 0.000000185. The molecule has 6 aromatic heterocycles. The molecule has 2 aliphatic rings. The van der Waals surface area contributed by atoms with E-state index < -0.39 is 0 Å². The van der Waals surface area contributed by atoms with E-state index in [1.54, 1.807) is 67.7 Å². The lowest BCUT2D eigenvalue weighted by Crippen LogP contribution is -2.49. The fraction of sp³-hybridized carbons (Fsp3) is 0.312. The third-order valence-corrected chi connectivity index (χ3v) is 12.3. The second-order valence-corrected chi connectivity index (χ2v) is 16.7. The molecule has 372 valence electrons. The highest BCUT2D eigenvalue weighted by Crippen LogP contribution is 2.32. The van der Waals surface area contributed by atoms with Crippen LogP contribution in [-0.2, 0) is 32.2 Å². The van der Waals surface area contributed by atoms with Crippen molar-refractivity contribution >= 4 is 86.8 Å². The highest BCUT2D eigenvalue weighted by molar-refractivity contribution is 6.32. The highest BCUT2D eigenvalue weighted by atomic mass is 35.5. The third kappa shape index (κ3) is 12.1. The maximum Gasteiger partial charge on any atom is 0.302 e. The van der Waals surface area contributed by atoms with Crippen LogP contribution in [0.5, 0.6) is 11.5 Å². The molecular formula is C48H53Cl3N14O6. The molecule has 0 spiro atoms. The number of carbonyl (C=O) groups excluding carboxylic acids is 3. The van der Waals surface area contributed by atoms with Crippen LogP contribution in [0, 0.1) is 0 Å². The zero-order chi connectivity index (χ0) is 49.1. The molecular weight excluding hydrogens is 975 g/mol. The molecule has 2 saturated heterocycles. The normalized spacial score (nSPS) is 13.4. The predicted molar refractivity (Wildman–Crippen MR) is 273 cm³/mol. The summed E-state index contributed by atoms with van der Waals surface area (Å²) in [5.41, 5.74) is 4.77. The fourth-order valence-corrected chi connectivity index (χ4v) is 8.55. The number of anilines is 2. The van der Waals surface area contributed by atoms with Gasteiger partial charge in [0, 0.05) is 120 Å². The summed E-state index contributed by atoms with van der Waals surface area (Å²) in [5.74, 6) is 2.42. The van der Waals surface area contributed by atoms with Crippen molar-refractivity contribution in [1.82, 2.24) is 59.3 Å². The molecule has 10 rings (SSSR count). The summed E-state index contributed by atoms with van der Waals surface area (Å²) < 4.78 is 18.4. The molecule has 0 unspecified atom stereocenters. The van der Waals surface area contributed by atoms with Gasteiger partial charge in [-0.2, -0.15) is 10.2 Å². The zero-order valence-electron chi connectivity index (χ0n) is 39.5. The molecule has 2 amide bonds. The molecule has 20 nitrogen and oxygen atoms in total. The van der Waals surface area contributed by atoms with Gasteiger partial charge in [0.1, 0.15) is 36.0 Å². The number of H-pyrrole nitrogens is 2. The van der Waals surface area contributed by atoms with Gasteiger partial charge in [-0.15, -0.1) is 12.4 Å². The molecule has 8 heterocycles. The van der Waals surface area contributed by atoms with E-state index in [2.05, 4.69) is 54.6 Å². The Bertz CT molecular complexity index is 2840. The molecule has 0 atom stereocenters. The number of rotatable bonds is 11. The molecule has 0 bridgehead atoms. The van der Waals surface area contributed by atoms with Gasteiger partial charge in [0.05, 0.1) is 41.6 Å². The number of aromatic nitrogens is 10. The van der Waals surface area contributed by atoms with E-state index in [1.807, 2.05) is 70.5 Å². The van der Waals surface area contributed by atoms with Gasteiger partial charge in [0.15, 0.2) is 22.9 Å². The minimum Gasteiger partial charge on any atom is -0.495 e. The van der Waals surface area contributed by atoms with E-state index in [9.17, 15) is 14.4 Å². The van der Waals surface area contributed by atoms with E-state index in [0.717, 1.165) is 48.3 Å². The first-order chi connectivity index (χ1) is 34.0. The van der Waals surface area contributed by atoms with Crippen molar-refractivity contribution in [2.75, 3.05) is 83.0 Å². The number of pyridine rings is 2. The number of esters is 1. The summed E-state index contributed by atoms with van der Waals surface area (Å²) in [6, 6.07) is 19.1. The van der Waals surface area contributed by atoms with E-state index in [1.165, 1.54) is 6.92 Å². The predicted octanol–water partition coefficient (Wildman–Crippen LogP) is 6.66. The maximum absolute atomic E-state index is 13.1. The third-order valence-electron chi connectivity index (χ3n) is 11.6. The Kier molecular flexibility index (Phi) is 17.3. The number of carbonyl (C=O) groups is 3. The van der Waals surface area contributed by atoms with Crippen LogP contribution in [-0.4, -0.2) is 150 Å². The smallest absolute Gasteiger partial charge is 0.302 e. The quantitative estimate of drug-likeness (QED) is 0.130. The van der Waals surface area contributed by atoms with Crippen molar-refractivity contribution in [2.24, 2.45) is 0 Å². The maximum atomic E-state index is 13.1. The Hall–Kier alpha value is -7.42. The Morgan fingerprint density at radius 2 is 1.03 bits per heavy atom. The zero-order valence-corrected chi connectivity index (χ0v) is 41.8. The number of amides is 2. The molecule has 2 fully saturated rings. The average Bonchev–Trinajstić information content (AvgIpc) is 4.23. The minimum absolute atomic E-state index is 0. The molecule has 2 aliphatic heterocycles. The lowest BCUT2D eigenvalue weighted by atomic mass is 10.2. The van der Waals surface area contributed by atoms with Gasteiger partial charge in [-0.25, -0.2) is 29.3 Å². The topological polar surface area (TPSA) is 211 Å². The number of halogens is 3. The largest absolute Gasteiger partial charge is 0.495 e. The number of fused-ring (bicyclic) bond motifs is 2. The number of piperazine rings is 2. The first-order valence-corrected chi connectivity index (χ1v) is 23.3. The SMILES string of the molecule is CCOC(C)=O.COc1cc(N2CCN(C(=O)Cn3nc(-c4ncc[nH]4)c4cccnc43)CC2)ccc1Cl.COc1cc(N2CCN(C(=O)Cn3nc(-c4ncc[nH]4)c4cccnc43)CC2)ccc1Cl.Cl. The van der Waals surface area contributed by atoms with Crippen molar-refractivity contribution in [1.29, 1.82) is 0 Å². The number of hydrogen-bond acceptors (Lipinski definition) is 14. The van der Waals surface area contributed by atoms with Gasteiger partial charge in [-0.1, -0.05) is 23.2 Å². The Morgan fingerprint density at radius 1 is 0.606 bits per heavy atom. The van der Waals surface area contributed by atoms with Gasteiger partial charge in [-0.05, 0) is 55.5 Å². The molecule has 2 N–H and O–H groups in total. The van der Waals surface area contributed by atoms with Gasteiger partial charge in [0.2, 0.25) is 11.8 Å². The van der Waals surface area contributed by atoms with Crippen molar-refractivity contribution in [3.63, 3.8) is 0 Å². The second-order valence-electron chi connectivity index (χ2n) is 15.9. The fourth-order valence-electron chi connectivity index (χ4n) is 8.16. The Morgan fingerprint density at radius 3 is 1.37 bits per heavy atom. The van der Waals surface area contributed by atoms with Gasteiger partial charge in [0.25, 0.3) is 0 Å². The van der Waals surface area contributed by atoms with Crippen LogP contribution in [0.15, 0.2) is 97.8 Å².